The Bertz CT molecular complexity index is 1520. The smallest absolute Gasteiger partial charge is 0.336 e. The van der Waals surface area contributed by atoms with E-state index in [1.807, 2.05) is 30.3 Å². The highest BCUT2D eigenvalue weighted by Gasteiger charge is 2.57. The van der Waals surface area contributed by atoms with E-state index < -0.39 is 17.4 Å². The number of urea groups is 1. The molecule has 0 aliphatic carbocycles. The van der Waals surface area contributed by atoms with E-state index in [1.54, 1.807) is 30.9 Å². The van der Waals surface area contributed by atoms with Crippen molar-refractivity contribution in [2.24, 2.45) is 0 Å². The van der Waals surface area contributed by atoms with E-state index in [-0.39, 0.29) is 38.0 Å². The molecule has 3 heterocycles. The fourth-order valence-corrected chi connectivity index (χ4v) is 5.50. The van der Waals surface area contributed by atoms with Gasteiger partial charge >= 0.3 is 12.0 Å². The molecule has 0 radical (unpaired) electrons. The molecule has 6 rings (SSSR count). The predicted molar refractivity (Wildman–Crippen MR) is 138 cm³/mol. The fourth-order valence-electron chi connectivity index (χ4n) is 5.50. The van der Waals surface area contributed by atoms with E-state index in [0.29, 0.717) is 28.5 Å². The Kier molecular flexibility index (Phi) is 5.41. The summed E-state index contributed by atoms with van der Waals surface area (Å²) in [5.74, 6) is 0.553. The van der Waals surface area contributed by atoms with Crippen molar-refractivity contribution < 1.29 is 33.7 Å². The summed E-state index contributed by atoms with van der Waals surface area (Å²) in [6.07, 6.45) is 0. The monoisotopic (exact) mass is 515 g/mol. The van der Waals surface area contributed by atoms with Gasteiger partial charge in [-0.25, -0.2) is 9.59 Å². The van der Waals surface area contributed by atoms with E-state index in [1.165, 1.54) is 6.07 Å². The summed E-state index contributed by atoms with van der Waals surface area (Å²) < 4.78 is 17.0. The number of amides is 3. The first-order chi connectivity index (χ1) is 18.3. The molecule has 3 amide bonds. The van der Waals surface area contributed by atoms with Crippen LogP contribution in [0.2, 0.25) is 0 Å². The molecule has 0 fully saturated rings. The van der Waals surface area contributed by atoms with Crippen LogP contribution in [0.4, 0.5) is 16.2 Å². The van der Waals surface area contributed by atoms with Crippen LogP contribution >= 0.6 is 0 Å². The largest absolute Gasteiger partial charge is 0.491 e. The first-order valence-electron chi connectivity index (χ1n) is 12.2. The molecule has 1 atom stereocenters. The van der Waals surface area contributed by atoms with Gasteiger partial charge in [-0.15, -0.1) is 0 Å². The zero-order chi connectivity index (χ0) is 26.6. The molecule has 3 aliphatic heterocycles. The van der Waals surface area contributed by atoms with Gasteiger partial charge in [0.2, 0.25) is 12.7 Å². The number of carbonyl (C=O) groups is 3. The first-order valence-corrected chi connectivity index (χ1v) is 12.2. The molecule has 10 heteroatoms. The van der Waals surface area contributed by atoms with Gasteiger partial charge < -0.3 is 34.9 Å². The van der Waals surface area contributed by atoms with Gasteiger partial charge in [0.15, 0.2) is 11.5 Å². The van der Waals surface area contributed by atoms with Crippen molar-refractivity contribution in [2.75, 3.05) is 36.7 Å². The minimum atomic E-state index is -1.06. The molecule has 1 unspecified atom stereocenters. The maximum Gasteiger partial charge on any atom is 0.336 e. The average Bonchev–Trinajstić information content (AvgIpc) is 3.57. The Morgan fingerprint density at radius 3 is 2.55 bits per heavy atom. The number of rotatable bonds is 5. The van der Waals surface area contributed by atoms with Crippen LogP contribution in [0.25, 0.3) is 0 Å². The van der Waals surface area contributed by atoms with E-state index in [4.69, 9.17) is 14.2 Å². The lowest BCUT2D eigenvalue weighted by atomic mass is 9.77. The molecule has 10 nitrogen and oxygen atoms in total. The van der Waals surface area contributed by atoms with Crippen molar-refractivity contribution in [2.45, 2.75) is 19.3 Å². The summed E-state index contributed by atoms with van der Waals surface area (Å²) in [5.41, 5.74) is 3.10. The number of carbonyl (C=O) groups excluding carboxylic acids is 2. The van der Waals surface area contributed by atoms with Gasteiger partial charge in [-0.05, 0) is 48.7 Å². The zero-order valence-corrected chi connectivity index (χ0v) is 20.8. The molecule has 1 spiro atoms. The van der Waals surface area contributed by atoms with E-state index in [9.17, 15) is 19.5 Å². The Labute approximate surface area is 218 Å². The van der Waals surface area contributed by atoms with Gasteiger partial charge in [-0.2, -0.15) is 0 Å². The van der Waals surface area contributed by atoms with Gasteiger partial charge in [0.25, 0.3) is 0 Å². The summed E-state index contributed by atoms with van der Waals surface area (Å²) in [6, 6.07) is 13.8. The molecular formula is C28H25N3O7. The first kappa shape index (κ1) is 23.7. The van der Waals surface area contributed by atoms with E-state index >= 15 is 0 Å². The number of anilines is 2. The standard InChI is InChI=1S/C28H25N3O7/c1-15-7-8-17(25(32)33)16(2)24(15)30-27(35)29-9-10-31-20-6-4-3-5-18(20)28(26(31)34)13-36-21-12-23-22(11-19(21)28)37-14-38-23/h3-8,11-12H,9-10,13-14H2,1-2H3,(H,32,33)(H2,29,30,35). The van der Waals surface area contributed by atoms with Gasteiger partial charge in [0, 0.05) is 36.1 Å². The summed E-state index contributed by atoms with van der Waals surface area (Å²) in [5, 5.41) is 14.9. The number of fused-ring (bicyclic) bond motifs is 5. The van der Waals surface area contributed by atoms with Crippen molar-refractivity contribution in [3.8, 4) is 17.2 Å². The number of carboxylic acid groups (broad SMARTS) is 1. The molecule has 3 aromatic rings. The molecule has 3 aliphatic rings. The molecular weight excluding hydrogens is 490 g/mol. The van der Waals surface area contributed by atoms with Gasteiger partial charge in [-0.1, -0.05) is 24.3 Å². The van der Waals surface area contributed by atoms with E-state index in [0.717, 1.165) is 22.4 Å². The van der Waals surface area contributed by atoms with Crippen molar-refractivity contribution in [3.05, 3.63) is 76.3 Å². The van der Waals surface area contributed by atoms with Crippen LogP contribution in [0.15, 0.2) is 48.5 Å². The third-order valence-corrected chi connectivity index (χ3v) is 7.41. The lowest BCUT2D eigenvalue weighted by Gasteiger charge is -2.23. The molecule has 3 aromatic carbocycles. The maximum atomic E-state index is 14.0. The number of hydrogen-bond donors (Lipinski definition) is 3. The minimum absolute atomic E-state index is 0.120. The third kappa shape index (κ3) is 3.44. The predicted octanol–water partition coefficient (Wildman–Crippen LogP) is 3.58. The van der Waals surface area contributed by atoms with Crippen LogP contribution in [0.1, 0.15) is 32.6 Å². The fraction of sp³-hybridized carbons (Fsp3) is 0.250. The molecule has 38 heavy (non-hydrogen) atoms. The summed E-state index contributed by atoms with van der Waals surface area (Å²) in [6.45, 7) is 4.13. The van der Waals surface area contributed by atoms with Crippen LogP contribution in [0, 0.1) is 13.8 Å². The van der Waals surface area contributed by atoms with Crippen LogP contribution in [-0.2, 0) is 10.2 Å². The molecule has 194 valence electrons. The van der Waals surface area contributed by atoms with E-state index in [2.05, 4.69) is 10.6 Å². The third-order valence-electron chi connectivity index (χ3n) is 7.41. The number of aromatic carboxylic acids is 1. The number of nitrogens with one attached hydrogen (secondary N) is 2. The Balaban J connectivity index is 1.21. The Morgan fingerprint density at radius 1 is 1.00 bits per heavy atom. The second kappa shape index (κ2) is 8.69. The zero-order valence-electron chi connectivity index (χ0n) is 20.8. The molecule has 3 N–H and O–H groups in total. The SMILES string of the molecule is Cc1ccc(C(=O)O)c(C)c1NC(=O)NCCN1C(=O)C2(COc3cc4c(cc32)OCO4)c2ccccc21. The highest BCUT2D eigenvalue weighted by molar-refractivity contribution is 6.11. The van der Waals surface area contributed by atoms with Crippen molar-refractivity contribution in [1.29, 1.82) is 0 Å². The Morgan fingerprint density at radius 2 is 1.76 bits per heavy atom. The van der Waals surface area contributed by atoms with Gasteiger partial charge in [-0.3, -0.25) is 4.79 Å². The lowest BCUT2D eigenvalue weighted by Crippen LogP contribution is -2.45. The quantitative estimate of drug-likeness (QED) is 0.474. The average molecular weight is 516 g/mol. The number of nitrogens with zero attached hydrogens (tertiary/aromatic N) is 1. The maximum absolute atomic E-state index is 14.0. The number of ether oxygens (including phenoxy) is 3. The lowest BCUT2D eigenvalue weighted by molar-refractivity contribution is -0.122. The summed E-state index contributed by atoms with van der Waals surface area (Å²) >= 11 is 0. The van der Waals surface area contributed by atoms with Crippen LogP contribution in [-0.4, -0.2) is 49.5 Å². The number of para-hydroxylation sites is 1. The molecule has 0 saturated carbocycles. The van der Waals surface area contributed by atoms with Crippen molar-refractivity contribution in [3.63, 3.8) is 0 Å². The Hall–Kier alpha value is -4.73. The number of benzene rings is 3. The highest BCUT2D eigenvalue weighted by Crippen LogP contribution is 2.54. The van der Waals surface area contributed by atoms with Crippen LogP contribution in [0.3, 0.4) is 0 Å². The summed E-state index contributed by atoms with van der Waals surface area (Å²) in [4.78, 5) is 39.8. The molecule has 0 bridgehead atoms. The second-order valence-corrected chi connectivity index (χ2v) is 9.49. The topological polar surface area (TPSA) is 126 Å². The number of carboxylic acids is 1. The molecule has 0 saturated heterocycles. The normalized spacial score (nSPS) is 18.3. The molecule has 0 aromatic heterocycles. The second-order valence-electron chi connectivity index (χ2n) is 9.49. The number of aryl methyl sites for hydroxylation is 1. The number of hydrogen-bond acceptors (Lipinski definition) is 6. The van der Waals surface area contributed by atoms with Gasteiger partial charge in [0.1, 0.15) is 17.8 Å². The van der Waals surface area contributed by atoms with Crippen molar-refractivity contribution >= 4 is 29.3 Å². The minimum Gasteiger partial charge on any atom is -0.491 e. The summed E-state index contributed by atoms with van der Waals surface area (Å²) in [7, 11) is 0. The van der Waals surface area contributed by atoms with Crippen molar-refractivity contribution in [1.82, 2.24) is 5.32 Å². The van der Waals surface area contributed by atoms with Gasteiger partial charge in [0.05, 0.1) is 5.56 Å². The van der Waals surface area contributed by atoms with Crippen LogP contribution in [0.5, 0.6) is 17.2 Å². The van der Waals surface area contributed by atoms with Crippen LogP contribution < -0.4 is 29.7 Å². The highest BCUT2D eigenvalue weighted by atomic mass is 16.7.